The Bertz CT molecular complexity index is 2000. The van der Waals surface area contributed by atoms with Gasteiger partial charge in [0.2, 0.25) is 0 Å². The number of hydrogen-bond donors (Lipinski definition) is 1. The molecule has 0 spiro atoms. The van der Waals surface area contributed by atoms with Gasteiger partial charge in [-0.15, -0.1) is 0 Å². The van der Waals surface area contributed by atoms with E-state index in [0.717, 1.165) is 62.5 Å². The van der Waals surface area contributed by atoms with Gasteiger partial charge in [0.1, 0.15) is 50.0 Å². The van der Waals surface area contributed by atoms with Crippen LogP contribution >= 0.6 is 0 Å². The van der Waals surface area contributed by atoms with Crippen molar-refractivity contribution < 1.29 is 48.0 Å². The summed E-state index contributed by atoms with van der Waals surface area (Å²) in [4.78, 5) is 58.4. The van der Waals surface area contributed by atoms with Crippen molar-refractivity contribution in [2.75, 3.05) is 13.2 Å². The second-order valence-electron chi connectivity index (χ2n) is 15.5. The average Bonchev–Trinajstić information content (AvgIpc) is 3.72. The minimum Gasteiger partial charge on any atom is -0.455 e. The van der Waals surface area contributed by atoms with Crippen LogP contribution in [-0.2, 0) is 33.3 Å². The van der Waals surface area contributed by atoms with Gasteiger partial charge in [0.25, 0.3) is 0 Å². The molecule has 3 aromatic rings. The fraction of sp³-hybridized carbons (Fsp3) is 0.488. The number of aromatic nitrogens is 6. The quantitative estimate of drug-likeness (QED) is 0.123. The lowest BCUT2D eigenvalue weighted by Gasteiger charge is -2.20. The van der Waals surface area contributed by atoms with Crippen LogP contribution in [0.5, 0.6) is 0 Å². The molecule has 0 radical (unpaired) electrons. The molecule has 16 nitrogen and oxygen atoms in total. The van der Waals surface area contributed by atoms with Gasteiger partial charge < -0.3 is 28.8 Å². The Kier molecular flexibility index (Phi) is 11.6. The Labute approximate surface area is 329 Å². The molecule has 0 unspecified atom stereocenters. The van der Waals surface area contributed by atoms with Crippen LogP contribution in [0.2, 0.25) is 0 Å². The number of nitrogens with zero attached hydrogens (tertiary/aromatic N) is 6. The fourth-order valence-electron chi connectivity index (χ4n) is 7.99. The number of allylic oxidation sites excluding steroid dienone is 2. The number of hydrogen-bond acceptors (Lipinski definition) is 13. The highest BCUT2D eigenvalue weighted by molar-refractivity contribution is 5.91. The van der Waals surface area contributed by atoms with E-state index in [4.69, 9.17) is 23.7 Å². The molecule has 6 aliphatic rings. The van der Waals surface area contributed by atoms with Crippen molar-refractivity contribution in [2.24, 2.45) is 11.8 Å². The van der Waals surface area contributed by atoms with Gasteiger partial charge in [0.05, 0.1) is 17.8 Å². The highest BCUT2D eigenvalue weighted by Gasteiger charge is 2.62. The lowest BCUT2D eigenvalue weighted by Crippen LogP contribution is -2.29. The number of carbonyl (C=O) groups is 4. The van der Waals surface area contributed by atoms with E-state index in [-0.39, 0.29) is 78.6 Å². The van der Waals surface area contributed by atoms with E-state index in [9.17, 15) is 24.3 Å². The molecule has 0 saturated carbocycles. The third-order valence-electron chi connectivity index (χ3n) is 11.6. The van der Waals surface area contributed by atoms with Gasteiger partial charge in [-0.05, 0) is 76.4 Å². The van der Waals surface area contributed by atoms with Crippen LogP contribution < -0.4 is 0 Å². The topological polar surface area (TPSA) is 195 Å². The molecule has 2 aliphatic carbocycles. The number of aliphatic hydroxyl groups excluding tert-OH is 1. The Morgan fingerprint density at radius 1 is 0.772 bits per heavy atom. The van der Waals surface area contributed by atoms with Crippen molar-refractivity contribution in [3.8, 4) is 0 Å². The number of carbonyl (C=O) groups excluding carboxylic acids is 4. The first-order chi connectivity index (χ1) is 27.4. The first kappa shape index (κ1) is 39.8. The zero-order valence-corrected chi connectivity index (χ0v) is 32.1. The molecule has 0 amide bonds. The van der Waals surface area contributed by atoms with E-state index >= 15 is 0 Å². The first-order valence-electron chi connectivity index (χ1n) is 19.2. The summed E-state index contributed by atoms with van der Waals surface area (Å²) in [7, 11) is 0. The van der Waals surface area contributed by atoms with E-state index in [1.807, 2.05) is 0 Å². The van der Waals surface area contributed by atoms with Gasteiger partial charge in [0.15, 0.2) is 0 Å². The van der Waals surface area contributed by atoms with Crippen LogP contribution in [0.25, 0.3) is 0 Å². The Hall–Kier alpha value is -5.45. The van der Waals surface area contributed by atoms with Crippen molar-refractivity contribution in [3.63, 3.8) is 0 Å². The van der Waals surface area contributed by atoms with Gasteiger partial charge in [-0.25, -0.2) is 38.7 Å². The number of rotatable bonds is 3. The molecule has 16 heteroatoms. The van der Waals surface area contributed by atoms with Crippen molar-refractivity contribution in [3.05, 3.63) is 104 Å². The zero-order chi connectivity index (χ0) is 40.3. The number of esters is 2. The van der Waals surface area contributed by atoms with Gasteiger partial charge >= 0.3 is 24.1 Å². The summed E-state index contributed by atoms with van der Waals surface area (Å²) in [5.41, 5.74) is 2.69. The maximum absolute atomic E-state index is 12.0. The fourth-order valence-corrected chi connectivity index (χ4v) is 7.99. The highest BCUT2D eigenvalue weighted by Crippen LogP contribution is 2.51. The van der Waals surface area contributed by atoms with Crippen LogP contribution in [0.1, 0.15) is 65.2 Å². The van der Waals surface area contributed by atoms with E-state index in [2.05, 4.69) is 54.1 Å². The monoisotopic (exact) mass is 784 g/mol. The molecule has 4 fully saturated rings. The summed E-state index contributed by atoms with van der Waals surface area (Å²) >= 11 is 0. The Morgan fingerprint density at radius 2 is 1.23 bits per heavy atom. The first-order valence-corrected chi connectivity index (χ1v) is 19.2. The summed E-state index contributed by atoms with van der Waals surface area (Å²) in [6.45, 7) is 12.2. The third kappa shape index (κ3) is 8.77. The molecule has 4 saturated heterocycles. The largest absolute Gasteiger partial charge is 0.455 e. The predicted molar refractivity (Wildman–Crippen MR) is 201 cm³/mol. The van der Waals surface area contributed by atoms with E-state index in [0.29, 0.717) is 11.1 Å². The van der Waals surface area contributed by atoms with Crippen LogP contribution in [-0.4, -0.2) is 107 Å². The van der Waals surface area contributed by atoms with E-state index in [1.165, 1.54) is 38.9 Å². The molecule has 8 atom stereocenters. The van der Waals surface area contributed by atoms with Crippen molar-refractivity contribution in [2.45, 2.75) is 101 Å². The summed E-state index contributed by atoms with van der Waals surface area (Å²) in [5, 5.41) is 9.35. The second kappa shape index (κ2) is 16.6. The lowest BCUT2D eigenvalue weighted by molar-refractivity contribution is -0.140. The maximum atomic E-state index is 12.0. The summed E-state index contributed by atoms with van der Waals surface area (Å²) in [6.07, 6.45) is 23.4. The number of epoxide rings is 2. The van der Waals surface area contributed by atoms with E-state index < -0.39 is 6.09 Å². The summed E-state index contributed by atoms with van der Waals surface area (Å²) in [5.74, 6) is -0.650. The molecule has 1 N–H and O–H groups in total. The van der Waals surface area contributed by atoms with Crippen LogP contribution in [0.15, 0.2) is 104 Å². The summed E-state index contributed by atoms with van der Waals surface area (Å²) < 4.78 is 32.1. The third-order valence-corrected chi connectivity index (χ3v) is 11.6. The normalized spacial score (nSPS) is 33.2. The van der Waals surface area contributed by atoms with Crippen LogP contribution in [0.4, 0.5) is 9.59 Å². The number of ether oxygens (including phenoxy) is 5. The number of imidazole rings is 3. The van der Waals surface area contributed by atoms with Crippen molar-refractivity contribution in [1.82, 2.24) is 28.7 Å². The second-order valence-corrected chi connectivity index (χ2v) is 15.5. The molecule has 9 rings (SSSR count). The van der Waals surface area contributed by atoms with Crippen LogP contribution in [0, 0.1) is 11.8 Å². The predicted octanol–water partition coefficient (Wildman–Crippen LogP) is 4.95. The average molecular weight is 785 g/mol. The Morgan fingerprint density at radius 3 is 1.68 bits per heavy atom. The van der Waals surface area contributed by atoms with Crippen LogP contribution in [0.3, 0.4) is 0 Å². The minimum absolute atomic E-state index is 0.00442. The van der Waals surface area contributed by atoms with Crippen molar-refractivity contribution in [1.29, 1.82) is 0 Å². The summed E-state index contributed by atoms with van der Waals surface area (Å²) in [6, 6.07) is -0.190. The zero-order valence-electron chi connectivity index (χ0n) is 32.1. The van der Waals surface area contributed by atoms with Gasteiger partial charge in [-0.3, -0.25) is 9.13 Å². The molecule has 7 heterocycles. The highest BCUT2D eigenvalue weighted by atomic mass is 16.7. The lowest BCUT2D eigenvalue weighted by atomic mass is 9.84. The standard InChI is InChI=1S/C19H22N2O5.C15H20O4.C7H6N4O/c1-12-14-6-5-13(10-24-18(23)21-9-8-20-11-21)4-3-7-19(2)16(26-19)15(14)25-17(12)22;1-9-11-6-5-10(8-16)4-3-7-15(2)13(19-15)12(11)18-14(9)17;12-7(10-3-1-8-5-10)11-4-2-9-6-11/h4,8-9,11,14-16H,1,3,5-7,10H2,2H3;4,11-13,16H,1,3,5-8H2,2H3;1-6H/b13-4+;10-4+;/t14-,15-,16-,19+;11-,12-,13-,15+;/m00./s1. The minimum atomic E-state index is -0.459. The molecule has 57 heavy (non-hydrogen) atoms. The molecule has 3 aromatic heterocycles. The molecule has 0 bridgehead atoms. The molecule has 4 aliphatic heterocycles. The van der Waals surface area contributed by atoms with Gasteiger partial charge in [-0.1, -0.05) is 25.3 Å². The van der Waals surface area contributed by atoms with Gasteiger partial charge in [-0.2, -0.15) is 0 Å². The smallest absolute Gasteiger partial charge is 0.419 e. The molecular weight excluding hydrogens is 736 g/mol. The number of fused-ring (bicyclic) bond motifs is 6. The molecular formula is C41H48N6O10. The Balaban J connectivity index is 0.000000140. The maximum Gasteiger partial charge on any atom is 0.419 e. The molecule has 302 valence electrons. The van der Waals surface area contributed by atoms with Crippen molar-refractivity contribution >= 4 is 24.1 Å². The number of aliphatic hydroxyl groups is 1. The molecule has 0 aromatic carbocycles. The van der Waals surface area contributed by atoms with E-state index in [1.54, 1.807) is 31.0 Å². The van der Waals surface area contributed by atoms with Gasteiger partial charge in [0, 0.05) is 60.2 Å². The SMILES string of the molecule is C=C1C(=O)O[C@H]2[C@H]1CC/C(CO)=C\CC[C@@]1(C)O[C@@H]21.C=C1C(=O)O[C@H]2[C@H]1CC/C(COC(=O)n1ccnc1)=C\CC[C@@]1(C)O[C@@H]21.O=C(n1ccnc1)n1ccnc1.